The fraction of sp³-hybridized carbons (Fsp3) is 0.944. The average molecular weight is 330 g/mol. The quantitative estimate of drug-likeness (QED) is 0.317. The maximum absolute atomic E-state index is 11.7. The molecule has 0 aliphatic carbocycles. The molecule has 23 heavy (non-hydrogen) atoms. The molecule has 0 rings (SSSR count). The number of unbranched alkanes of at least 4 members (excludes halogenated alkanes) is 9. The Labute approximate surface area is 143 Å². The van der Waals surface area contributed by atoms with Gasteiger partial charge in [-0.05, 0) is 6.42 Å². The second-order valence-corrected chi connectivity index (χ2v) is 6.26. The highest BCUT2D eigenvalue weighted by Gasteiger charge is 2.10. The van der Waals surface area contributed by atoms with Crippen LogP contribution in [0.2, 0.25) is 0 Å². The number of carbonyl (C=O) groups is 1. The molecule has 0 atom stereocenters. The van der Waals surface area contributed by atoms with Crippen molar-refractivity contribution in [1.82, 2.24) is 4.90 Å². The van der Waals surface area contributed by atoms with Crippen LogP contribution in [0.1, 0.15) is 71.1 Å². The van der Waals surface area contributed by atoms with Crippen molar-refractivity contribution in [2.45, 2.75) is 71.1 Å². The first-order chi connectivity index (χ1) is 11.2. The van der Waals surface area contributed by atoms with Crippen molar-refractivity contribution in [3.63, 3.8) is 0 Å². The molecule has 138 valence electrons. The van der Waals surface area contributed by atoms with Gasteiger partial charge in [-0.25, -0.2) is 0 Å². The van der Waals surface area contributed by atoms with Gasteiger partial charge in [-0.2, -0.15) is 0 Å². The lowest BCUT2D eigenvalue weighted by atomic mass is 10.1. The van der Waals surface area contributed by atoms with Crippen molar-refractivity contribution in [2.75, 3.05) is 39.3 Å². The number of carbonyl (C=O) groups excluding carboxylic acids is 1. The Bertz CT molecular complexity index is 257. The molecular formula is C18H39N3O2. The van der Waals surface area contributed by atoms with E-state index in [9.17, 15) is 4.79 Å². The van der Waals surface area contributed by atoms with Crippen molar-refractivity contribution in [2.24, 2.45) is 11.5 Å². The Morgan fingerprint density at radius 1 is 0.826 bits per heavy atom. The summed E-state index contributed by atoms with van der Waals surface area (Å²) in [6.45, 7) is 5.52. The third-order valence-electron chi connectivity index (χ3n) is 4.00. The van der Waals surface area contributed by atoms with E-state index in [0.717, 1.165) is 12.8 Å². The lowest BCUT2D eigenvalue weighted by Crippen LogP contribution is -2.38. The van der Waals surface area contributed by atoms with Crippen LogP contribution < -0.4 is 11.5 Å². The van der Waals surface area contributed by atoms with Crippen molar-refractivity contribution < 1.29 is 9.53 Å². The van der Waals surface area contributed by atoms with Gasteiger partial charge >= 0.3 is 5.97 Å². The van der Waals surface area contributed by atoms with Gasteiger partial charge in [0.25, 0.3) is 0 Å². The summed E-state index contributed by atoms with van der Waals surface area (Å²) >= 11 is 0. The first kappa shape index (κ1) is 22.4. The molecule has 0 unspecified atom stereocenters. The minimum absolute atomic E-state index is 0.164. The summed E-state index contributed by atoms with van der Waals surface area (Å²) in [5, 5.41) is 0. The number of hydrogen-bond acceptors (Lipinski definition) is 5. The SMILES string of the molecule is CCCCCCCCCCCCOC(=O)CN(CCN)CCN. The molecule has 5 heteroatoms. The van der Waals surface area contributed by atoms with Crippen LogP contribution in [-0.2, 0) is 9.53 Å². The minimum Gasteiger partial charge on any atom is -0.465 e. The molecule has 0 aliphatic heterocycles. The number of nitrogens with two attached hydrogens (primary N) is 2. The Morgan fingerprint density at radius 2 is 1.30 bits per heavy atom. The first-order valence-corrected chi connectivity index (χ1v) is 9.52. The molecule has 5 nitrogen and oxygen atoms in total. The van der Waals surface area contributed by atoms with Gasteiger partial charge in [0.15, 0.2) is 0 Å². The monoisotopic (exact) mass is 329 g/mol. The van der Waals surface area contributed by atoms with Gasteiger partial charge in [0, 0.05) is 26.2 Å². The predicted octanol–water partition coefficient (Wildman–Crippen LogP) is 2.67. The van der Waals surface area contributed by atoms with Crippen molar-refractivity contribution in [3.05, 3.63) is 0 Å². The normalized spacial score (nSPS) is 11.1. The van der Waals surface area contributed by atoms with E-state index in [1.807, 2.05) is 4.90 Å². The first-order valence-electron chi connectivity index (χ1n) is 9.52. The standard InChI is InChI=1S/C18H39N3O2/c1-2-3-4-5-6-7-8-9-10-11-16-23-18(22)17-21(14-12-19)15-13-20/h2-17,19-20H2,1H3. The Hall–Kier alpha value is -0.650. The summed E-state index contributed by atoms with van der Waals surface area (Å²) in [6.07, 6.45) is 12.8. The number of ether oxygens (including phenoxy) is 1. The summed E-state index contributed by atoms with van der Waals surface area (Å²) in [5.74, 6) is -0.164. The highest BCUT2D eigenvalue weighted by atomic mass is 16.5. The summed E-state index contributed by atoms with van der Waals surface area (Å²) in [4.78, 5) is 13.7. The molecular weight excluding hydrogens is 290 g/mol. The van der Waals surface area contributed by atoms with Crippen LogP contribution in [0, 0.1) is 0 Å². The molecule has 0 heterocycles. The molecule has 0 fully saturated rings. The maximum Gasteiger partial charge on any atom is 0.320 e. The highest BCUT2D eigenvalue weighted by Crippen LogP contribution is 2.10. The van der Waals surface area contributed by atoms with E-state index in [-0.39, 0.29) is 5.97 Å². The second-order valence-electron chi connectivity index (χ2n) is 6.26. The smallest absolute Gasteiger partial charge is 0.320 e. The van der Waals surface area contributed by atoms with E-state index >= 15 is 0 Å². The van der Waals surface area contributed by atoms with Crippen LogP contribution in [0.5, 0.6) is 0 Å². The molecule has 0 amide bonds. The van der Waals surface area contributed by atoms with Gasteiger partial charge in [-0.15, -0.1) is 0 Å². The Kier molecular flexibility index (Phi) is 17.2. The van der Waals surface area contributed by atoms with E-state index in [1.165, 1.54) is 51.4 Å². The number of esters is 1. The van der Waals surface area contributed by atoms with Crippen LogP contribution in [0.25, 0.3) is 0 Å². The zero-order chi connectivity index (χ0) is 17.2. The molecule has 0 aliphatic rings. The van der Waals surface area contributed by atoms with E-state index in [2.05, 4.69) is 6.92 Å². The molecule has 0 spiro atoms. The second kappa shape index (κ2) is 17.7. The van der Waals surface area contributed by atoms with Crippen molar-refractivity contribution in [3.8, 4) is 0 Å². The van der Waals surface area contributed by atoms with E-state index in [1.54, 1.807) is 0 Å². The summed E-state index contributed by atoms with van der Waals surface area (Å²) in [6, 6.07) is 0. The molecule has 0 saturated heterocycles. The Morgan fingerprint density at radius 3 is 1.78 bits per heavy atom. The predicted molar refractivity (Wildman–Crippen MR) is 97.4 cm³/mol. The summed E-state index contributed by atoms with van der Waals surface area (Å²) in [7, 11) is 0. The lowest BCUT2D eigenvalue weighted by Gasteiger charge is -2.19. The Balaban J connectivity index is 3.37. The molecule has 4 N–H and O–H groups in total. The van der Waals surface area contributed by atoms with E-state index in [4.69, 9.17) is 16.2 Å². The fourth-order valence-electron chi connectivity index (χ4n) is 2.64. The largest absolute Gasteiger partial charge is 0.465 e. The van der Waals surface area contributed by atoms with Gasteiger partial charge in [-0.3, -0.25) is 9.69 Å². The summed E-state index contributed by atoms with van der Waals surface area (Å²) < 4.78 is 5.27. The van der Waals surface area contributed by atoms with Crippen LogP contribution in [0.3, 0.4) is 0 Å². The van der Waals surface area contributed by atoms with Crippen LogP contribution in [-0.4, -0.2) is 50.2 Å². The number of hydrogen-bond donors (Lipinski definition) is 2. The van der Waals surface area contributed by atoms with Crippen molar-refractivity contribution >= 4 is 5.97 Å². The molecule has 0 aromatic carbocycles. The third-order valence-corrected chi connectivity index (χ3v) is 4.00. The number of rotatable bonds is 17. The van der Waals surface area contributed by atoms with Crippen LogP contribution in [0.15, 0.2) is 0 Å². The maximum atomic E-state index is 11.7. The number of nitrogens with zero attached hydrogens (tertiary/aromatic N) is 1. The zero-order valence-electron chi connectivity index (χ0n) is 15.2. The highest BCUT2D eigenvalue weighted by molar-refractivity contribution is 5.71. The molecule has 0 radical (unpaired) electrons. The van der Waals surface area contributed by atoms with Gasteiger partial charge in [0.2, 0.25) is 0 Å². The topological polar surface area (TPSA) is 81.6 Å². The molecule has 0 saturated carbocycles. The van der Waals surface area contributed by atoms with Gasteiger partial charge < -0.3 is 16.2 Å². The lowest BCUT2D eigenvalue weighted by molar-refractivity contribution is -0.145. The van der Waals surface area contributed by atoms with Crippen molar-refractivity contribution in [1.29, 1.82) is 0 Å². The molecule has 0 bridgehead atoms. The van der Waals surface area contributed by atoms with Gasteiger partial charge in [-0.1, -0.05) is 64.7 Å². The van der Waals surface area contributed by atoms with Crippen LogP contribution in [0.4, 0.5) is 0 Å². The fourth-order valence-corrected chi connectivity index (χ4v) is 2.64. The third kappa shape index (κ3) is 16.0. The van der Waals surface area contributed by atoms with E-state index < -0.39 is 0 Å². The summed E-state index contributed by atoms with van der Waals surface area (Å²) in [5.41, 5.74) is 11.0. The van der Waals surface area contributed by atoms with Gasteiger partial charge in [0.05, 0.1) is 13.2 Å². The van der Waals surface area contributed by atoms with Crippen LogP contribution >= 0.6 is 0 Å². The molecule has 0 aromatic rings. The van der Waals surface area contributed by atoms with E-state index in [0.29, 0.717) is 39.3 Å². The average Bonchev–Trinajstić information content (AvgIpc) is 2.53. The minimum atomic E-state index is -0.164. The zero-order valence-corrected chi connectivity index (χ0v) is 15.2. The van der Waals surface area contributed by atoms with Gasteiger partial charge in [0.1, 0.15) is 0 Å². The molecule has 0 aromatic heterocycles.